The lowest BCUT2D eigenvalue weighted by molar-refractivity contribution is -0.138. The number of nitrogens with zero attached hydrogens (tertiary/aromatic N) is 5. The van der Waals surface area contributed by atoms with Crippen molar-refractivity contribution in [1.29, 1.82) is 0 Å². The number of nitrogens with one attached hydrogen (secondary N) is 1. The highest BCUT2D eigenvalue weighted by molar-refractivity contribution is 5.76. The summed E-state index contributed by atoms with van der Waals surface area (Å²) in [5.74, 6) is 0.167. The number of ether oxygens (including phenoxy) is 1. The van der Waals surface area contributed by atoms with Crippen LogP contribution in [-0.2, 0) is 22.6 Å². The van der Waals surface area contributed by atoms with Gasteiger partial charge in [0, 0.05) is 31.6 Å². The Morgan fingerprint density at radius 3 is 3.12 bits per heavy atom. The Kier molecular flexibility index (Phi) is 3.84. The first-order chi connectivity index (χ1) is 11.6. The van der Waals surface area contributed by atoms with Crippen LogP contribution in [0.3, 0.4) is 0 Å². The Morgan fingerprint density at radius 1 is 1.46 bits per heavy atom. The summed E-state index contributed by atoms with van der Waals surface area (Å²) in [6.45, 7) is 5.97. The van der Waals surface area contributed by atoms with E-state index in [2.05, 4.69) is 20.5 Å². The minimum absolute atomic E-state index is 0.0725. The molecule has 2 aromatic rings. The molecule has 1 amide bonds. The smallest absolute Gasteiger partial charge is 0.223 e. The number of aryl methyl sites for hydroxylation is 2. The van der Waals surface area contributed by atoms with Gasteiger partial charge in [-0.05, 0) is 25.8 Å². The van der Waals surface area contributed by atoms with Gasteiger partial charge in [0.05, 0.1) is 36.3 Å². The average Bonchev–Trinajstić information content (AvgIpc) is 3.20. The molecule has 1 fully saturated rings. The van der Waals surface area contributed by atoms with E-state index in [4.69, 9.17) is 4.74 Å². The molecule has 0 unspecified atom stereocenters. The first kappa shape index (κ1) is 15.3. The van der Waals surface area contributed by atoms with Gasteiger partial charge in [0.2, 0.25) is 5.91 Å². The van der Waals surface area contributed by atoms with E-state index in [9.17, 15) is 4.79 Å². The third-order valence-corrected chi connectivity index (χ3v) is 5.21. The summed E-state index contributed by atoms with van der Waals surface area (Å²) in [4.78, 5) is 14.5. The molecule has 0 saturated carbocycles. The van der Waals surface area contributed by atoms with E-state index in [1.807, 2.05) is 23.4 Å². The molecule has 0 spiro atoms. The average molecular weight is 330 g/mol. The summed E-state index contributed by atoms with van der Waals surface area (Å²) in [6, 6.07) is 0.0725. The lowest BCUT2D eigenvalue weighted by atomic mass is 9.99. The number of carbonyl (C=O) groups excluding carboxylic acids is 1. The van der Waals surface area contributed by atoms with Gasteiger partial charge < -0.3 is 9.64 Å². The number of aromatic nitrogens is 5. The maximum atomic E-state index is 12.6. The first-order valence-corrected chi connectivity index (χ1v) is 8.42. The molecule has 4 heterocycles. The van der Waals surface area contributed by atoms with E-state index in [1.54, 1.807) is 6.20 Å². The summed E-state index contributed by atoms with van der Waals surface area (Å²) in [6.07, 6.45) is 3.85. The Bertz CT molecular complexity index is 752. The highest BCUT2D eigenvalue weighted by Gasteiger charge is 2.37. The van der Waals surface area contributed by atoms with Crippen molar-refractivity contribution >= 4 is 5.91 Å². The van der Waals surface area contributed by atoms with Gasteiger partial charge in [0.15, 0.2) is 0 Å². The lowest BCUT2D eigenvalue weighted by Gasteiger charge is -2.41. The predicted octanol–water partition coefficient (Wildman–Crippen LogP) is 0.923. The summed E-state index contributed by atoms with van der Waals surface area (Å²) in [5, 5.41) is 15.4. The second-order valence-corrected chi connectivity index (χ2v) is 6.64. The first-order valence-electron chi connectivity index (χ1n) is 8.42. The number of likely N-dealkylation sites (tertiary alicyclic amines) is 1. The fourth-order valence-electron chi connectivity index (χ4n) is 3.57. The van der Waals surface area contributed by atoms with Crippen LogP contribution >= 0.6 is 0 Å². The van der Waals surface area contributed by atoms with Crippen molar-refractivity contribution in [2.24, 2.45) is 0 Å². The van der Waals surface area contributed by atoms with E-state index in [1.165, 1.54) is 0 Å². The van der Waals surface area contributed by atoms with Crippen LogP contribution < -0.4 is 0 Å². The minimum Gasteiger partial charge on any atom is -0.370 e. The number of aromatic amines is 1. The fraction of sp³-hybridized carbons (Fsp3) is 0.625. The monoisotopic (exact) mass is 330 g/mol. The third kappa shape index (κ3) is 2.60. The maximum absolute atomic E-state index is 12.6. The number of hydrogen-bond acceptors (Lipinski definition) is 5. The van der Waals surface area contributed by atoms with Gasteiger partial charge in [-0.15, -0.1) is 5.10 Å². The van der Waals surface area contributed by atoms with Crippen LogP contribution in [-0.4, -0.2) is 55.2 Å². The second kappa shape index (κ2) is 6.01. The summed E-state index contributed by atoms with van der Waals surface area (Å²) >= 11 is 0. The van der Waals surface area contributed by atoms with Gasteiger partial charge in [-0.2, -0.15) is 5.10 Å². The molecule has 8 heteroatoms. The van der Waals surface area contributed by atoms with Gasteiger partial charge in [-0.25, -0.2) is 4.68 Å². The van der Waals surface area contributed by atoms with Crippen molar-refractivity contribution in [3.63, 3.8) is 0 Å². The zero-order valence-corrected chi connectivity index (χ0v) is 14.0. The van der Waals surface area contributed by atoms with Gasteiger partial charge in [-0.1, -0.05) is 5.21 Å². The van der Waals surface area contributed by atoms with Crippen LogP contribution in [0.1, 0.15) is 41.5 Å². The van der Waals surface area contributed by atoms with Crippen LogP contribution in [0.15, 0.2) is 6.20 Å². The highest BCUT2D eigenvalue weighted by atomic mass is 16.5. The molecule has 8 nitrogen and oxygen atoms in total. The number of hydrogen-bond donors (Lipinski definition) is 1. The molecule has 0 aliphatic carbocycles. The van der Waals surface area contributed by atoms with Crippen molar-refractivity contribution < 1.29 is 9.53 Å². The Labute approximate surface area is 140 Å². The number of H-pyrrole nitrogens is 1. The van der Waals surface area contributed by atoms with Crippen LogP contribution in [0, 0.1) is 13.8 Å². The van der Waals surface area contributed by atoms with E-state index in [-0.39, 0.29) is 18.1 Å². The fourth-order valence-corrected chi connectivity index (χ4v) is 3.57. The standard InChI is InChI=1S/C16H22N6O2/c1-10-11(2)18-19-13(10)3-4-16(23)21-6-5-15-14(8-21)22-12(9-24-15)7-17-20-22/h7,14-15H,3-6,8-9H2,1-2H3,(H,18,19)/t14-,15-/m1/s1. The lowest BCUT2D eigenvalue weighted by Crippen LogP contribution is -2.49. The van der Waals surface area contributed by atoms with Crippen molar-refractivity contribution in [2.75, 3.05) is 13.1 Å². The van der Waals surface area contributed by atoms with E-state index in [0.29, 0.717) is 26.0 Å². The Hall–Kier alpha value is -2.22. The quantitative estimate of drug-likeness (QED) is 0.904. The molecular formula is C16H22N6O2. The molecule has 2 aliphatic rings. The number of rotatable bonds is 3. The van der Waals surface area contributed by atoms with E-state index < -0.39 is 0 Å². The summed E-state index contributed by atoms with van der Waals surface area (Å²) in [5.41, 5.74) is 4.18. The van der Waals surface area contributed by atoms with Crippen molar-refractivity contribution in [3.05, 3.63) is 28.8 Å². The topological polar surface area (TPSA) is 88.9 Å². The van der Waals surface area contributed by atoms with Crippen molar-refractivity contribution in [2.45, 2.75) is 51.9 Å². The number of piperidine rings is 1. The molecule has 1 saturated heterocycles. The van der Waals surface area contributed by atoms with Crippen molar-refractivity contribution in [1.82, 2.24) is 30.1 Å². The largest absolute Gasteiger partial charge is 0.370 e. The molecule has 2 atom stereocenters. The van der Waals surface area contributed by atoms with E-state index >= 15 is 0 Å². The SMILES string of the molecule is Cc1[nH]nc(CCC(=O)N2CC[C@H]3OCc4cnnn4[C@@H]3C2)c1C. The minimum atomic E-state index is 0.0725. The van der Waals surface area contributed by atoms with Crippen LogP contribution in [0.5, 0.6) is 0 Å². The predicted molar refractivity (Wildman–Crippen MR) is 85.2 cm³/mol. The molecule has 128 valence electrons. The van der Waals surface area contributed by atoms with Gasteiger partial charge in [-0.3, -0.25) is 9.89 Å². The summed E-state index contributed by atoms with van der Waals surface area (Å²) < 4.78 is 7.82. The molecule has 24 heavy (non-hydrogen) atoms. The molecule has 0 bridgehead atoms. The Balaban J connectivity index is 1.41. The van der Waals surface area contributed by atoms with Crippen LogP contribution in [0.2, 0.25) is 0 Å². The number of fused-ring (bicyclic) bond motifs is 3. The molecule has 0 aromatic carbocycles. The Morgan fingerprint density at radius 2 is 2.33 bits per heavy atom. The zero-order chi connectivity index (χ0) is 16.7. The third-order valence-electron chi connectivity index (χ3n) is 5.21. The van der Waals surface area contributed by atoms with Gasteiger partial charge >= 0.3 is 0 Å². The molecule has 4 rings (SSSR count). The number of carbonyl (C=O) groups is 1. The molecule has 1 N–H and O–H groups in total. The van der Waals surface area contributed by atoms with Crippen LogP contribution in [0.25, 0.3) is 0 Å². The number of amides is 1. The molecular weight excluding hydrogens is 308 g/mol. The molecule has 2 aliphatic heterocycles. The maximum Gasteiger partial charge on any atom is 0.223 e. The second-order valence-electron chi connectivity index (χ2n) is 6.64. The normalized spacial score (nSPS) is 23.0. The van der Waals surface area contributed by atoms with E-state index in [0.717, 1.165) is 35.6 Å². The van der Waals surface area contributed by atoms with Gasteiger partial charge in [0.1, 0.15) is 0 Å². The molecule has 0 radical (unpaired) electrons. The van der Waals surface area contributed by atoms with Gasteiger partial charge in [0.25, 0.3) is 0 Å². The van der Waals surface area contributed by atoms with Crippen LogP contribution in [0.4, 0.5) is 0 Å². The zero-order valence-electron chi connectivity index (χ0n) is 14.0. The van der Waals surface area contributed by atoms with Crippen molar-refractivity contribution in [3.8, 4) is 0 Å². The molecule has 2 aromatic heterocycles. The highest BCUT2D eigenvalue weighted by Crippen LogP contribution is 2.30. The summed E-state index contributed by atoms with van der Waals surface area (Å²) in [7, 11) is 0.